The molecule has 2 aromatic carbocycles. The Balaban J connectivity index is 2.06. The normalized spacial score (nSPS) is 10.7. The van der Waals surface area contributed by atoms with Crippen LogP contribution in [0.2, 0.25) is 0 Å². The zero-order valence-electron chi connectivity index (χ0n) is 13.8. The van der Waals surface area contributed by atoms with Crippen molar-refractivity contribution in [1.29, 1.82) is 0 Å². The molecule has 0 aliphatic heterocycles. The smallest absolute Gasteiger partial charge is 0.264 e. The number of aromatic hydroxyl groups is 1. The number of hydrogen-bond acceptors (Lipinski definition) is 3. The third kappa shape index (κ3) is 2.54. The highest BCUT2D eigenvalue weighted by Crippen LogP contribution is 2.30. The zero-order valence-corrected chi connectivity index (χ0v) is 13.8. The molecule has 126 valence electrons. The largest absolute Gasteiger partial charge is 0.508 e. The molecule has 0 spiro atoms. The van der Waals surface area contributed by atoms with Crippen LogP contribution in [0.3, 0.4) is 0 Å². The van der Waals surface area contributed by atoms with Crippen molar-refractivity contribution in [2.75, 3.05) is 0 Å². The number of phenolic OH excluding ortho intramolecular Hbond substituents is 1. The molecule has 0 radical (unpaired) electrons. The lowest BCUT2D eigenvalue weighted by atomic mass is 10.1. The number of phenols is 1. The molecule has 0 aliphatic rings. The summed E-state index contributed by atoms with van der Waals surface area (Å²) < 4.78 is 3.31. The Morgan fingerprint density at radius 2 is 1.81 bits per heavy atom. The Labute approximate surface area is 149 Å². The highest BCUT2D eigenvalue weighted by Gasteiger charge is 2.17. The second kappa shape index (κ2) is 6.26. The van der Waals surface area contributed by atoms with Gasteiger partial charge in [-0.15, -0.1) is 6.42 Å². The number of rotatable bonds is 3. The quantitative estimate of drug-likeness (QED) is 0.582. The van der Waals surface area contributed by atoms with Gasteiger partial charge in [0.1, 0.15) is 12.1 Å². The van der Waals surface area contributed by atoms with E-state index in [4.69, 9.17) is 6.42 Å². The van der Waals surface area contributed by atoms with Gasteiger partial charge < -0.3 is 9.67 Å². The van der Waals surface area contributed by atoms with Crippen molar-refractivity contribution in [2.45, 2.75) is 6.54 Å². The minimum atomic E-state index is -0.189. The highest BCUT2D eigenvalue weighted by molar-refractivity contribution is 5.94. The monoisotopic (exact) mass is 341 g/mol. The molecule has 4 rings (SSSR count). The van der Waals surface area contributed by atoms with E-state index in [0.29, 0.717) is 11.0 Å². The molecule has 26 heavy (non-hydrogen) atoms. The molecule has 1 N–H and O–H groups in total. The molecule has 0 saturated carbocycles. The fourth-order valence-electron chi connectivity index (χ4n) is 3.01. The van der Waals surface area contributed by atoms with Crippen molar-refractivity contribution in [3.8, 4) is 34.9 Å². The topological polar surface area (TPSA) is 60.0 Å². The number of fused-ring (bicyclic) bond motifs is 1. The van der Waals surface area contributed by atoms with Gasteiger partial charge in [0, 0.05) is 17.4 Å². The van der Waals surface area contributed by atoms with E-state index in [1.807, 2.05) is 41.1 Å². The number of para-hydroxylation sites is 1. The molecule has 2 aromatic heterocycles. The van der Waals surface area contributed by atoms with Gasteiger partial charge in [-0.2, -0.15) is 0 Å². The van der Waals surface area contributed by atoms with Gasteiger partial charge in [-0.05, 0) is 29.8 Å². The van der Waals surface area contributed by atoms with Crippen molar-refractivity contribution >= 4 is 11.0 Å². The minimum absolute atomic E-state index is 0.160. The first-order valence-electron chi connectivity index (χ1n) is 8.08. The lowest BCUT2D eigenvalue weighted by Gasteiger charge is -2.05. The fraction of sp³-hybridized carbons (Fsp3) is 0.0476. The van der Waals surface area contributed by atoms with Crippen LogP contribution in [-0.4, -0.2) is 19.2 Å². The number of aromatic nitrogens is 3. The summed E-state index contributed by atoms with van der Waals surface area (Å²) in [6.45, 7) is 0.160. The van der Waals surface area contributed by atoms with Crippen LogP contribution in [0.4, 0.5) is 0 Å². The lowest BCUT2D eigenvalue weighted by Crippen LogP contribution is -2.20. The van der Waals surface area contributed by atoms with E-state index in [0.717, 1.165) is 16.8 Å². The van der Waals surface area contributed by atoms with Gasteiger partial charge in [-0.1, -0.05) is 36.3 Å². The van der Waals surface area contributed by atoms with Crippen LogP contribution in [0.1, 0.15) is 0 Å². The first-order chi connectivity index (χ1) is 12.7. The van der Waals surface area contributed by atoms with E-state index in [2.05, 4.69) is 10.9 Å². The number of terminal acetylenes is 1. The molecule has 0 unspecified atom stereocenters. The van der Waals surface area contributed by atoms with Crippen molar-refractivity contribution in [3.05, 3.63) is 77.5 Å². The molecule has 5 nitrogen and oxygen atoms in total. The van der Waals surface area contributed by atoms with Crippen molar-refractivity contribution in [2.24, 2.45) is 0 Å². The fourth-order valence-corrected chi connectivity index (χ4v) is 3.01. The summed E-state index contributed by atoms with van der Waals surface area (Å²) in [5.74, 6) is 2.65. The summed E-state index contributed by atoms with van der Waals surface area (Å²) in [5, 5.41) is 10.1. The second-order valence-corrected chi connectivity index (χ2v) is 5.88. The number of benzene rings is 2. The van der Waals surface area contributed by atoms with Gasteiger partial charge in [0.15, 0.2) is 5.65 Å². The summed E-state index contributed by atoms with van der Waals surface area (Å²) in [6, 6.07) is 16.4. The molecule has 5 heteroatoms. The molecule has 2 heterocycles. The summed E-state index contributed by atoms with van der Waals surface area (Å²) in [5.41, 5.74) is 2.85. The summed E-state index contributed by atoms with van der Waals surface area (Å²) in [7, 11) is 0. The van der Waals surface area contributed by atoms with Crippen LogP contribution in [0.25, 0.3) is 27.8 Å². The maximum Gasteiger partial charge on any atom is 0.264 e. The molecule has 0 saturated heterocycles. The van der Waals surface area contributed by atoms with Crippen LogP contribution in [0.15, 0.2) is 71.9 Å². The predicted octanol–water partition coefficient (Wildman–Crippen LogP) is 3.19. The van der Waals surface area contributed by atoms with E-state index in [-0.39, 0.29) is 17.9 Å². The Morgan fingerprint density at radius 3 is 2.50 bits per heavy atom. The first kappa shape index (κ1) is 15.7. The summed E-state index contributed by atoms with van der Waals surface area (Å²) >= 11 is 0. The molecular formula is C21H15N3O2. The number of nitrogens with zero attached hydrogens (tertiary/aromatic N) is 3. The van der Waals surface area contributed by atoms with E-state index >= 15 is 0 Å². The Bertz CT molecular complexity index is 1180. The lowest BCUT2D eigenvalue weighted by molar-refractivity contribution is 0.475. The maximum atomic E-state index is 13.0. The van der Waals surface area contributed by atoms with Crippen molar-refractivity contribution in [1.82, 2.24) is 14.1 Å². The van der Waals surface area contributed by atoms with Crippen LogP contribution >= 0.6 is 0 Å². The SMILES string of the molecule is C#CCn1cnc2c(c(-c3ccc(O)cc3)cn2-c2ccccc2)c1=O. The van der Waals surface area contributed by atoms with Crippen LogP contribution in [0.5, 0.6) is 5.75 Å². The second-order valence-electron chi connectivity index (χ2n) is 5.88. The van der Waals surface area contributed by atoms with Gasteiger partial charge >= 0.3 is 0 Å². The Morgan fingerprint density at radius 1 is 1.08 bits per heavy atom. The van der Waals surface area contributed by atoms with E-state index in [1.54, 1.807) is 24.3 Å². The Hall–Kier alpha value is -3.78. The maximum absolute atomic E-state index is 13.0. The van der Waals surface area contributed by atoms with Crippen LogP contribution in [0, 0.1) is 12.3 Å². The predicted molar refractivity (Wildman–Crippen MR) is 101 cm³/mol. The van der Waals surface area contributed by atoms with Crippen LogP contribution < -0.4 is 5.56 Å². The van der Waals surface area contributed by atoms with Gasteiger partial charge in [-0.3, -0.25) is 9.36 Å². The average molecular weight is 341 g/mol. The molecule has 0 aliphatic carbocycles. The molecule has 0 amide bonds. The van der Waals surface area contributed by atoms with Crippen LogP contribution in [-0.2, 0) is 6.54 Å². The van der Waals surface area contributed by atoms with E-state index in [9.17, 15) is 9.90 Å². The third-order valence-electron chi connectivity index (χ3n) is 4.25. The number of hydrogen-bond donors (Lipinski definition) is 1. The van der Waals surface area contributed by atoms with E-state index < -0.39 is 0 Å². The molecule has 0 fully saturated rings. The van der Waals surface area contributed by atoms with Crippen molar-refractivity contribution in [3.63, 3.8) is 0 Å². The van der Waals surface area contributed by atoms with Crippen molar-refractivity contribution < 1.29 is 5.11 Å². The van der Waals surface area contributed by atoms with E-state index in [1.165, 1.54) is 10.9 Å². The highest BCUT2D eigenvalue weighted by atomic mass is 16.3. The average Bonchev–Trinajstić information content (AvgIpc) is 3.06. The third-order valence-corrected chi connectivity index (χ3v) is 4.25. The molecule has 0 bridgehead atoms. The van der Waals surface area contributed by atoms with Gasteiger partial charge in [0.2, 0.25) is 0 Å². The summed E-state index contributed by atoms with van der Waals surface area (Å²) in [6.07, 6.45) is 8.73. The molecule has 0 atom stereocenters. The standard InChI is InChI=1S/C21H15N3O2/c1-2-12-23-14-22-20-19(21(23)26)18(15-8-10-17(25)11-9-15)13-24(20)16-6-4-3-5-7-16/h1,3-11,13-14,25H,12H2. The zero-order chi connectivity index (χ0) is 18.1. The molecule has 4 aromatic rings. The Kier molecular flexibility index (Phi) is 3.79. The summed E-state index contributed by atoms with van der Waals surface area (Å²) in [4.78, 5) is 17.5. The van der Waals surface area contributed by atoms with Gasteiger partial charge in [-0.25, -0.2) is 4.98 Å². The van der Waals surface area contributed by atoms with Gasteiger partial charge in [0.25, 0.3) is 5.56 Å². The first-order valence-corrected chi connectivity index (χ1v) is 8.08. The minimum Gasteiger partial charge on any atom is -0.508 e. The van der Waals surface area contributed by atoms with Gasteiger partial charge in [0.05, 0.1) is 11.9 Å². The molecular weight excluding hydrogens is 326 g/mol.